The molecule has 1 unspecified atom stereocenters. The number of rotatable bonds is 3. The van der Waals surface area contributed by atoms with Gasteiger partial charge in [0.25, 0.3) is 0 Å². The summed E-state index contributed by atoms with van der Waals surface area (Å²) < 4.78 is 1.07. The van der Waals surface area contributed by atoms with Crippen LogP contribution in [0.1, 0.15) is 17.2 Å². The Morgan fingerprint density at radius 3 is 2.86 bits per heavy atom. The van der Waals surface area contributed by atoms with E-state index in [0.717, 1.165) is 28.0 Å². The van der Waals surface area contributed by atoms with Crippen molar-refractivity contribution < 1.29 is 4.79 Å². The molecule has 0 spiro atoms. The van der Waals surface area contributed by atoms with Gasteiger partial charge in [-0.2, -0.15) is 0 Å². The minimum Gasteiger partial charge on any atom is -0.370 e. The zero-order valence-corrected chi connectivity index (χ0v) is 13.2. The average molecular weight is 346 g/mol. The van der Waals surface area contributed by atoms with Gasteiger partial charge in [0.2, 0.25) is 5.91 Å². The van der Waals surface area contributed by atoms with Gasteiger partial charge in [0, 0.05) is 35.0 Å². The molecule has 0 saturated heterocycles. The molecular formula is C16H16BrN3O. The molecule has 0 radical (unpaired) electrons. The molecule has 108 valence electrons. The van der Waals surface area contributed by atoms with Gasteiger partial charge in [-0.3, -0.25) is 4.79 Å². The van der Waals surface area contributed by atoms with Crippen molar-refractivity contribution in [3.05, 3.63) is 58.1 Å². The lowest BCUT2D eigenvalue weighted by atomic mass is 10.1. The predicted molar refractivity (Wildman–Crippen MR) is 88.2 cm³/mol. The number of fused-ring (bicyclic) bond motifs is 1. The summed E-state index contributed by atoms with van der Waals surface area (Å²) in [5.74, 6) is -0.142. The Balaban J connectivity index is 1.81. The molecule has 4 nitrogen and oxygen atoms in total. The first-order valence-corrected chi connectivity index (χ1v) is 7.50. The van der Waals surface area contributed by atoms with Crippen molar-refractivity contribution in [2.24, 2.45) is 5.73 Å². The number of benzene rings is 2. The second-order valence-electron chi connectivity index (χ2n) is 5.22. The van der Waals surface area contributed by atoms with E-state index in [1.165, 1.54) is 5.56 Å². The van der Waals surface area contributed by atoms with Crippen LogP contribution in [0.25, 0.3) is 0 Å². The molecule has 3 rings (SSSR count). The van der Waals surface area contributed by atoms with E-state index in [1.54, 1.807) is 0 Å². The Hall–Kier alpha value is -1.85. The number of halogens is 1. The standard InChI is InChI=1S/C16H16BrN3O/c1-20(9-10-3-2-4-11(17)7-10)12-5-6-13-14(8-12)19-16(21)15(13)18/h2-8,15H,9,18H2,1H3,(H,19,21). The Morgan fingerprint density at radius 2 is 2.10 bits per heavy atom. The smallest absolute Gasteiger partial charge is 0.245 e. The lowest BCUT2D eigenvalue weighted by molar-refractivity contribution is -0.116. The Morgan fingerprint density at radius 1 is 1.29 bits per heavy atom. The van der Waals surface area contributed by atoms with Crippen LogP contribution in [-0.2, 0) is 11.3 Å². The topological polar surface area (TPSA) is 58.4 Å². The van der Waals surface area contributed by atoms with Crippen LogP contribution >= 0.6 is 15.9 Å². The molecule has 0 fully saturated rings. The maximum atomic E-state index is 11.6. The summed E-state index contributed by atoms with van der Waals surface area (Å²) in [6.07, 6.45) is 0. The third kappa shape index (κ3) is 2.80. The molecule has 1 aliphatic rings. The highest BCUT2D eigenvalue weighted by Gasteiger charge is 2.27. The summed E-state index contributed by atoms with van der Waals surface area (Å²) in [7, 11) is 2.03. The van der Waals surface area contributed by atoms with Crippen LogP contribution in [0.4, 0.5) is 11.4 Å². The summed E-state index contributed by atoms with van der Waals surface area (Å²) in [5.41, 5.74) is 9.76. The zero-order valence-electron chi connectivity index (χ0n) is 11.6. The second-order valence-corrected chi connectivity index (χ2v) is 6.14. The number of amides is 1. The van der Waals surface area contributed by atoms with Gasteiger partial charge in [0.15, 0.2) is 0 Å². The molecule has 0 aromatic heterocycles. The minimum absolute atomic E-state index is 0.142. The van der Waals surface area contributed by atoms with Crippen molar-refractivity contribution in [2.75, 3.05) is 17.3 Å². The van der Waals surface area contributed by atoms with E-state index < -0.39 is 6.04 Å². The largest absolute Gasteiger partial charge is 0.370 e. The summed E-state index contributed by atoms with van der Waals surface area (Å²) >= 11 is 3.48. The summed E-state index contributed by atoms with van der Waals surface area (Å²) in [6.45, 7) is 0.790. The van der Waals surface area contributed by atoms with Gasteiger partial charge >= 0.3 is 0 Å². The molecule has 1 atom stereocenters. The SMILES string of the molecule is CN(Cc1cccc(Br)c1)c1ccc2c(c1)NC(=O)C2N. The highest BCUT2D eigenvalue weighted by atomic mass is 79.9. The predicted octanol–water partition coefficient (Wildman–Crippen LogP) is 3.04. The van der Waals surface area contributed by atoms with Crippen molar-refractivity contribution in [3.63, 3.8) is 0 Å². The van der Waals surface area contributed by atoms with Gasteiger partial charge in [-0.05, 0) is 29.8 Å². The fraction of sp³-hybridized carbons (Fsp3) is 0.188. The molecule has 0 aliphatic carbocycles. The minimum atomic E-state index is -0.551. The van der Waals surface area contributed by atoms with Gasteiger partial charge in [-0.1, -0.05) is 34.1 Å². The van der Waals surface area contributed by atoms with Crippen molar-refractivity contribution in [2.45, 2.75) is 12.6 Å². The van der Waals surface area contributed by atoms with Crippen LogP contribution in [0.3, 0.4) is 0 Å². The fourth-order valence-corrected chi connectivity index (χ4v) is 2.96. The number of anilines is 2. The maximum absolute atomic E-state index is 11.6. The van der Waals surface area contributed by atoms with E-state index in [1.807, 2.05) is 37.4 Å². The van der Waals surface area contributed by atoms with Crippen LogP contribution in [-0.4, -0.2) is 13.0 Å². The summed E-state index contributed by atoms with van der Waals surface area (Å²) in [6, 6.07) is 13.6. The number of nitrogens with zero attached hydrogens (tertiary/aromatic N) is 1. The van der Waals surface area contributed by atoms with E-state index >= 15 is 0 Å². The first-order valence-electron chi connectivity index (χ1n) is 6.70. The van der Waals surface area contributed by atoms with Crippen molar-refractivity contribution >= 4 is 33.2 Å². The van der Waals surface area contributed by atoms with Crippen LogP contribution < -0.4 is 16.0 Å². The van der Waals surface area contributed by atoms with Gasteiger partial charge < -0.3 is 16.0 Å². The average Bonchev–Trinajstić information content (AvgIpc) is 2.73. The first kappa shape index (κ1) is 14.1. The van der Waals surface area contributed by atoms with E-state index in [4.69, 9.17) is 5.73 Å². The number of nitrogens with two attached hydrogens (primary N) is 1. The highest BCUT2D eigenvalue weighted by molar-refractivity contribution is 9.10. The number of carbonyl (C=O) groups excluding carboxylic acids is 1. The molecule has 1 heterocycles. The quantitative estimate of drug-likeness (QED) is 0.898. The molecule has 0 saturated carbocycles. The third-order valence-electron chi connectivity index (χ3n) is 3.66. The molecule has 21 heavy (non-hydrogen) atoms. The number of hydrogen-bond donors (Lipinski definition) is 2. The zero-order chi connectivity index (χ0) is 15.0. The van der Waals surface area contributed by atoms with E-state index in [-0.39, 0.29) is 5.91 Å². The number of carbonyl (C=O) groups is 1. The van der Waals surface area contributed by atoms with Gasteiger partial charge in [-0.15, -0.1) is 0 Å². The summed E-state index contributed by atoms with van der Waals surface area (Å²) in [4.78, 5) is 13.7. The Bertz CT molecular complexity index is 702. The van der Waals surface area contributed by atoms with E-state index in [0.29, 0.717) is 0 Å². The number of nitrogens with one attached hydrogen (secondary N) is 1. The van der Waals surface area contributed by atoms with Crippen molar-refractivity contribution in [1.29, 1.82) is 0 Å². The van der Waals surface area contributed by atoms with Crippen molar-refractivity contribution in [1.82, 2.24) is 0 Å². The molecule has 3 N–H and O–H groups in total. The molecule has 5 heteroatoms. The lowest BCUT2D eigenvalue weighted by Crippen LogP contribution is -2.19. The summed E-state index contributed by atoms with van der Waals surface area (Å²) in [5, 5.41) is 2.82. The van der Waals surface area contributed by atoms with Crippen LogP contribution in [0, 0.1) is 0 Å². The van der Waals surface area contributed by atoms with Gasteiger partial charge in [0.05, 0.1) is 0 Å². The Labute approximate surface area is 132 Å². The fourth-order valence-electron chi connectivity index (χ4n) is 2.51. The molecule has 1 aliphatic heterocycles. The van der Waals surface area contributed by atoms with E-state index in [9.17, 15) is 4.79 Å². The van der Waals surface area contributed by atoms with Crippen LogP contribution in [0.5, 0.6) is 0 Å². The molecule has 2 aromatic carbocycles. The lowest BCUT2D eigenvalue weighted by Gasteiger charge is -2.20. The molecule has 0 bridgehead atoms. The highest BCUT2D eigenvalue weighted by Crippen LogP contribution is 2.32. The molecular weight excluding hydrogens is 330 g/mol. The normalized spacial score (nSPS) is 16.5. The van der Waals surface area contributed by atoms with Crippen LogP contribution in [0.2, 0.25) is 0 Å². The van der Waals surface area contributed by atoms with Crippen molar-refractivity contribution in [3.8, 4) is 0 Å². The Kier molecular flexibility index (Phi) is 3.69. The number of hydrogen-bond acceptors (Lipinski definition) is 3. The van der Waals surface area contributed by atoms with Gasteiger partial charge in [0.1, 0.15) is 6.04 Å². The third-order valence-corrected chi connectivity index (χ3v) is 4.16. The first-order chi connectivity index (χ1) is 10.0. The van der Waals surface area contributed by atoms with Crippen LogP contribution in [0.15, 0.2) is 46.9 Å². The second kappa shape index (κ2) is 5.50. The maximum Gasteiger partial charge on any atom is 0.245 e. The molecule has 1 amide bonds. The monoisotopic (exact) mass is 345 g/mol. The van der Waals surface area contributed by atoms with Gasteiger partial charge in [-0.25, -0.2) is 0 Å². The van der Waals surface area contributed by atoms with E-state index in [2.05, 4.69) is 38.3 Å². The molecule has 2 aromatic rings.